The summed E-state index contributed by atoms with van der Waals surface area (Å²) in [5, 5.41) is 7.18. The van der Waals surface area contributed by atoms with Crippen LogP contribution >= 0.6 is 0 Å². The Morgan fingerprint density at radius 3 is 2.32 bits per heavy atom. The molecule has 3 nitrogen and oxygen atoms in total. The zero-order valence-corrected chi connectivity index (χ0v) is 22.4. The van der Waals surface area contributed by atoms with Crippen LogP contribution in [0.25, 0.3) is 66.3 Å². The number of aromatic nitrogens is 1. The van der Waals surface area contributed by atoms with Crippen LogP contribution in [0.4, 0.5) is 0 Å². The van der Waals surface area contributed by atoms with E-state index in [0.717, 1.165) is 55.7 Å². The minimum atomic E-state index is -1.43. The lowest BCUT2D eigenvalue weighted by atomic mass is 9.97. The number of rotatable bonds is 3. The van der Waals surface area contributed by atoms with Crippen LogP contribution in [0.2, 0.25) is 19.6 Å². The lowest BCUT2D eigenvalue weighted by Crippen LogP contribution is -2.37. The highest BCUT2D eigenvalue weighted by atomic mass is 28.3. The molecule has 0 saturated carbocycles. The van der Waals surface area contributed by atoms with Crippen LogP contribution in [-0.2, 0) is 0 Å². The Morgan fingerprint density at radius 2 is 1.49 bits per heavy atom. The fourth-order valence-corrected chi connectivity index (χ4v) is 6.60. The number of furan rings is 2. The number of para-hydroxylation sites is 1. The molecule has 0 fully saturated rings. The molecule has 7 aromatic rings. The normalized spacial score (nSPS) is 12.3. The molecule has 4 aromatic carbocycles. The van der Waals surface area contributed by atoms with Gasteiger partial charge in [0.2, 0.25) is 0 Å². The van der Waals surface area contributed by atoms with E-state index >= 15 is 0 Å². The van der Waals surface area contributed by atoms with E-state index in [-0.39, 0.29) is 0 Å². The number of hydrogen-bond acceptors (Lipinski definition) is 3. The molecule has 0 bridgehead atoms. The van der Waals surface area contributed by atoms with Crippen LogP contribution in [0.1, 0.15) is 5.56 Å². The Balaban J connectivity index is 1.45. The van der Waals surface area contributed by atoms with E-state index < -0.39 is 8.07 Å². The van der Waals surface area contributed by atoms with Gasteiger partial charge in [-0.3, -0.25) is 4.98 Å². The van der Waals surface area contributed by atoms with Crippen molar-refractivity contribution in [1.29, 1.82) is 0 Å². The number of nitrogens with zero attached hydrogens (tertiary/aromatic N) is 1. The van der Waals surface area contributed by atoms with E-state index in [1.165, 1.54) is 21.3 Å². The SMILES string of the molecule is Cc1c(-c2ccnc(-c3cc4ccccc4c4c3oc3ccccc34)c2)oc2cc([Si](C)(C)C)ccc12. The topological polar surface area (TPSA) is 39.2 Å². The number of hydrogen-bond donors (Lipinski definition) is 0. The molecule has 0 unspecified atom stereocenters. The van der Waals surface area contributed by atoms with Crippen LogP contribution in [0.5, 0.6) is 0 Å². The molecule has 0 aliphatic carbocycles. The smallest absolute Gasteiger partial charge is 0.145 e. The Hall–Kier alpha value is -4.15. The highest BCUT2D eigenvalue weighted by molar-refractivity contribution is 6.88. The number of aryl methyl sites for hydroxylation is 1. The first-order chi connectivity index (χ1) is 17.9. The molecular weight excluding hydrogens is 470 g/mol. The third-order valence-corrected chi connectivity index (χ3v) is 9.52. The second-order valence-corrected chi connectivity index (χ2v) is 16.0. The van der Waals surface area contributed by atoms with Crippen LogP contribution in [0.15, 0.2) is 100.0 Å². The van der Waals surface area contributed by atoms with Crippen molar-refractivity contribution in [2.75, 3.05) is 0 Å². The quantitative estimate of drug-likeness (QED) is 0.229. The summed E-state index contributed by atoms with van der Waals surface area (Å²) in [7, 11) is -1.43. The van der Waals surface area contributed by atoms with Crippen LogP contribution in [0, 0.1) is 6.92 Å². The maximum Gasteiger partial charge on any atom is 0.145 e. The summed E-state index contributed by atoms with van der Waals surface area (Å²) in [6.45, 7) is 9.23. The fourth-order valence-electron chi connectivity index (χ4n) is 5.45. The van der Waals surface area contributed by atoms with Crippen molar-refractivity contribution >= 4 is 56.9 Å². The summed E-state index contributed by atoms with van der Waals surface area (Å²) < 4.78 is 12.9. The van der Waals surface area contributed by atoms with Gasteiger partial charge in [0, 0.05) is 39.0 Å². The molecule has 0 atom stereocenters. The maximum atomic E-state index is 6.49. The minimum absolute atomic E-state index is 0.866. The fraction of sp³-hybridized carbons (Fsp3) is 0.121. The van der Waals surface area contributed by atoms with Crippen molar-refractivity contribution in [1.82, 2.24) is 4.98 Å². The molecule has 0 spiro atoms. The van der Waals surface area contributed by atoms with E-state index in [1.807, 2.05) is 24.4 Å². The Labute approximate surface area is 216 Å². The van der Waals surface area contributed by atoms with Gasteiger partial charge in [0.1, 0.15) is 22.5 Å². The van der Waals surface area contributed by atoms with Gasteiger partial charge in [0.15, 0.2) is 0 Å². The van der Waals surface area contributed by atoms with E-state index in [1.54, 1.807) is 0 Å². The lowest BCUT2D eigenvalue weighted by Gasteiger charge is -2.15. The molecule has 7 rings (SSSR count). The van der Waals surface area contributed by atoms with Gasteiger partial charge in [-0.05, 0) is 48.0 Å². The molecule has 0 aliphatic rings. The lowest BCUT2D eigenvalue weighted by molar-refractivity contribution is 0.629. The van der Waals surface area contributed by atoms with E-state index in [4.69, 9.17) is 13.8 Å². The number of fused-ring (bicyclic) bond motifs is 6. The Kier molecular flexibility index (Phi) is 4.73. The van der Waals surface area contributed by atoms with Crippen molar-refractivity contribution in [2.24, 2.45) is 0 Å². The highest BCUT2D eigenvalue weighted by Crippen LogP contribution is 2.41. The van der Waals surface area contributed by atoms with E-state index in [9.17, 15) is 0 Å². The molecule has 0 radical (unpaired) electrons. The first kappa shape index (κ1) is 22.1. The Morgan fingerprint density at radius 1 is 0.703 bits per heavy atom. The van der Waals surface area contributed by atoms with Crippen LogP contribution < -0.4 is 5.19 Å². The molecule has 4 heteroatoms. The van der Waals surface area contributed by atoms with Gasteiger partial charge in [-0.15, -0.1) is 0 Å². The maximum absolute atomic E-state index is 6.49. The largest absolute Gasteiger partial charge is 0.456 e. The third-order valence-electron chi connectivity index (χ3n) is 7.47. The first-order valence-electron chi connectivity index (χ1n) is 12.7. The van der Waals surface area contributed by atoms with E-state index in [0.29, 0.717) is 0 Å². The second kappa shape index (κ2) is 7.92. The second-order valence-electron chi connectivity index (χ2n) is 10.9. The summed E-state index contributed by atoms with van der Waals surface area (Å²) in [6.07, 6.45) is 1.87. The molecule has 0 N–H and O–H groups in total. The summed E-state index contributed by atoms with van der Waals surface area (Å²) in [5.74, 6) is 0.896. The van der Waals surface area contributed by atoms with Crippen molar-refractivity contribution in [3.05, 3.63) is 96.7 Å². The number of pyridine rings is 1. The molecule has 180 valence electrons. The summed E-state index contributed by atoms with van der Waals surface area (Å²) in [6, 6.07) is 29.8. The minimum Gasteiger partial charge on any atom is -0.456 e. The highest BCUT2D eigenvalue weighted by Gasteiger charge is 2.21. The van der Waals surface area contributed by atoms with Crippen LogP contribution in [-0.4, -0.2) is 13.1 Å². The Bertz CT molecular complexity index is 1990. The predicted octanol–water partition coefficient (Wildman–Crippen LogP) is 9.07. The average molecular weight is 498 g/mol. The van der Waals surface area contributed by atoms with Gasteiger partial charge in [-0.25, -0.2) is 0 Å². The van der Waals surface area contributed by atoms with Gasteiger partial charge in [0.05, 0.1) is 13.8 Å². The van der Waals surface area contributed by atoms with E-state index in [2.05, 4.69) is 93.3 Å². The van der Waals surface area contributed by atoms with Crippen molar-refractivity contribution in [3.8, 4) is 22.6 Å². The zero-order valence-electron chi connectivity index (χ0n) is 21.4. The average Bonchev–Trinajstić information content (AvgIpc) is 3.46. The first-order valence-corrected chi connectivity index (χ1v) is 16.2. The summed E-state index contributed by atoms with van der Waals surface area (Å²) in [4.78, 5) is 4.80. The van der Waals surface area contributed by atoms with Gasteiger partial charge < -0.3 is 8.83 Å². The van der Waals surface area contributed by atoms with Gasteiger partial charge in [-0.1, -0.05) is 79.4 Å². The third kappa shape index (κ3) is 3.44. The van der Waals surface area contributed by atoms with Crippen molar-refractivity contribution in [3.63, 3.8) is 0 Å². The van der Waals surface area contributed by atoms with Gasteiger partial charge in [0.25, 0.3) is 0 Å². The standard InChI is InChI=1S/C33H27NO2Si/c1-20-24-14-13-23(37(2,3)4)19-30(24)36-32(20)22-15-16-34-28(18-22)27-17-21-9-5-6-10-25(21)31-26-11-7-8-12-29(26)35-33(27)31/h5-19H,1-4H3. The molecule has 0 amide bonds. The van der Waals surface area contributed by atoms with Crippen LogP contribution in [0.3, 0.4) is 0 Å². The molecule has 37 heavy (non-hydrogen) atoms. The van der Waals surface area contributed by atoms with Gasteiger partial charge in [-0.2, -0.15) is 0 Å². The van der Waals surface area contributed by atoms with Crippen molar-refractivity contribution in [2.45, 2.75) is 26.6 Å². The van der Waals surface area contributed by atoms with Gasteiger partial charge >= 0.3 is 0 Å². The molecule has 3 aromatic heterocycles. The molecule has 0 aliphatic heterocycles. The summed E-state index contributed by atoms with van der Waals surface area (Å²) in [5.41, 5.74) is 6.74. The molecule has 0 saturated heterocycles. The predicted molar refractivity (Wildman–Crippen MR) is 157 cm³/mol. The zero-order chi connectivity index (χ0) is 25.3. The summed E-state index contributed by atoms with van der Waals surface area (Å²) >= 11 is 0. The molecule has 3 heterocycles. The number of benzene rings is 4. The monoisotopic (exact) mass is 497 g/mol. The van der Waals surface area contributed by atoms with Crippen molar-refractivity contribution < 1.29 is 8.83 Å². The molecular formula is C33H27NO2Si.